The molecule has 3 nitrogen and oxygen atoms in total. The predicted molar refractivity (Wildman–Crippen MR) is 56.2 cm³/mol. The highest BCUT2D eigenvalue weighted by Gasteiger charge is 2.04. The van der Waals surface area contributed by atoms with Gasteiger partial charge < -0.3 is 5.73 Å². The van der Waals surface area contributed by atoms with Crippen LogP contribution in [-0.2, 0) is 13.0 Å². The highest BCUT2D eigenvalue weighted by molar-refractivity contribution is 9.10. The van der Waals surface area contributed by atoms with Crippen molar-refractivity contribution in [3.05, 3.63) is 22.2 Å². The van der Waals surface area contributed by atoms with Crippen LogP contribution in [0.15, 0.2) is 10.8 Å². The van der Waals surface area contributed by atoms with Crippen molar-refractivity contribution >= 4 is 15.9 Å². The van der Waals surface area contributed by atoms with Gasteiger partial charge >= 0.3 is 0 Å². The highest BCUT2D eigenvalue weighted by atomic mass is 79.9. The fourth-order valence-corrected chi connectivity index (χ4v) is 1.49. The Labute approximate surface area is 86.9 Å². The van der Waals surface area contributed by atoms with Crippen molar-refractivity contribution in [3.8, 4) is 0 Å². The maximum atomic E-state index is 5.49. The van der Waals surface area contributed by atoms with E-state index in [0.717, 1.165) is 22.4 Å². The maximum absolute atomic E-state index is 5.49. The first-order valence-electron chi connectivity index (χ1n) is 4.33. The number of hydrogen-bond acceptors (Lipinski definition) is 3. The third kappa shape index (κ3) is 3.04. The molecule has 0 aliphatic rings. The Balaban J connectivity index is 2.83. The molecule has 4 heteroatoms. The molecule has 0 amide bonds. The Bertz CT molecular complexity index is 286. The van der Waals surface area contributed by atoms with Crippen molar-refractivity contribution in [1.29, 1.82) is 0 Å². The van der Waals surface area contributed by atoms with Crippen LogP contribution in [0.4, 0.5) is 0 Å². The average molecular weight is 244 g/mol. The van der Waals surface area contributed by atoms with Crippen LogP contribution >= 0.6 is 15.9 Å². The van der Waals surface area contributed by atoms with Gasteiger partial charge in [-0.05, 0) is 21.8 Å². The number of halogens is 1. The minimum Gasteiger partial charge on any atom is -0.326 e. The molecule has 0 aromatic carbocycles. The molecule has 1 heterocycles. The Morgan fingerprint density at radius 2 is 2.23 bits per heavy atom. The average Bonchev–Trinajstić information content (AvgIpc) is 2.03. The molecule has 1 rings (SSSR count). The molecule has 1 aromatic rings. The van der Waals surface area contributed by atoms with Gasteiger partial charge in [-0.2, -0.15) is 0 Å². The zero-order valence-corrected chi connectivity index (χ0v) is 9.50. The van der Waals surface area contributed by atoms with Gasteiger partial charge in [-0.25, -0.2) is 9.97 Å². The van der Waals surface area contributed by atoms with Gasteiger partial charge in [0, 0.05) is 24.7 Å². The van der Waals surface area contributed by atoms with Crippen molar-refractivity contribution in [2.45, 2.75) is 26.8 Å². The first-order chi connectivity index (χ1) is 6.13. The Morgan fingerprint density at radius 3 is 2.69 bits per heavy atom. The minimum atomic E-state index is 0.475. The molecule has 0 atom stereocenters. The summed E-state index contributed by atoms with van der Waals surface area (Å²) < 4.78 is 0.820. The zero-order valence-electron chi connectivity index (χ0n) is 7.92. The Kier molecular flexibility index (Phi) is 3.81. The lowest BCUT2D eigenvalue weighted by molar-refractivity contribution is 0.618. The second-order valence-electron chi connectivity index (χ2n) is 3.40. The third-order valence-electron chi connectivity index (χ3n) is 1.67. The molecule has 72 valence electrons. The summed E-state index contributed by atoms with van der Waals surface area (Å²) in [6.07, 6.45) is 2.69. The molecular formula is C9H14BrN3. The van der Waals surface area contributed by atoms with E-state index in [-0.39, 0.29) is 0 Å². The van der Waals surface area contributed by atoms with Gasteiger partial charge in [-0.15, -0.1) is 0 Å². The van der Waals surface area contributed by atoms with Crippen LogP contribution in [0.25, 0.3) is 0 Å². The Morgan fingerprint density at radius 1 is 1.54 bits per heavy atom. The quantitative estimate of drug-likeness (QED) is 0.826. The summed E-state index contributed by atoms with van der Waals surface area (Å²) in [5.41, 5.74) is 6.44. The van der Waals surface area contributed by atoms with E-state index in [2.05, 4.69) is 39.7 Å². The van der Waals surface area contributed by atoms with Crippen molar-refractivity contribution in [3.63, 3.8) is 0 Å². The maximum Gasteiger partial charge on any atom is 0.129 e. The van der Waals surface area contributed by atoms with Gasteiger partial charge in [-0.3, -0.25) is 0 Å². The van der Waals surface area contributed by atoms with Crippen LogP contribution in [0.1, 0.15) is 25.2 Å². The second-order valence-corrected chi connectivity index (χ2v) is 4.16. The smallest absolute Gasteiger partial charge is 0.129 e. The van der Waals surface area contributed by atoms with Crippen LogP contribution in [0, 0.1) is 5.92 Å². The molecule has 0 saturated heterocycles. The van der Waals surface area contributed by atoms with Crippen LogP contribution < -0.4 is 5.73 Å². The number of hydrogen-bond donors (Lipinski definition) is 1. The van der Waals surface area contributed by atoms with Gasteiger partial charge in [0.15, 0.2) is 0 Å². The summed E-state index contributed by atoms with van der Waals surface area (Å²) in [4.78, 5) is 8.54. The van der Waals surface area contributed by atoms with Crippen LogP contribution in [-0.4, -0.2) is 9.97 Å². The lowest BCUT2D eigenvalue weighted by Crippen LogP contribution is -2.05. The summed E-state index contributed by atoms with van der Waals surface area (Å²) >= 11 is 3.37. The van der Waals surface area contributed by atoms with Crippen LogP contribution in [0.2, 0.25) is 0 Å². The second kappa shape index (κ2) is 4.67. The summed E-state index contributed by atoms with van der Waals surface area (Å²) in [5, 5.41) is 0. The molecule has 2 N–H and O–H groups in total. The summed E-state index contributed by atoms with van der Waals surface area (Å²) in [7, 11) is 0. The predicted octanol–water partition coefficient (Wildman–Crippen LogP) is 1.90. The van der Waals surface area contributed by atoms with Crippen molar-refractivity contribution in [2.75, 3.05) is 0 Å². The molecule has 0 spiro atoms. The Hall–Kier alpha value is -0.480. The zero-order chi connectivity index (χ0) is 9.84. The summed E-state index contributed by atoms with van der Waals surface area (Å²) in [5.74, 6) is 1.45. The summed E-state index contributed by atoms with van der Waals surface area (Å²) in [6, 6.07) is 0. The van der Waals surface area contributed by atoms with E-state index < -0.39 is 0 Å². The molecule has 0 aliphatic heterocycles. The van der Waals surface area contributed by atoms with Gasteiger partial charge in [0.25, 0.3) is 0 Å². The van der Waals surface area contributed by atoms with E-state index in [1.165, 1.54) is 0 Å². The summed E-state index contributed by atoms with van der Waals surface area (Å²) in [6.45, 7) is 4.77. The van der Waals surface area contributed by atoms with Crippen molar-refractivity contribution < 1.29 is 0 Å². The van der Waals surface area contributed by atoms with Crippen molar-refractivity contribution in [2.24, 2.45) is 11.7 Å². The van der Waals surface area contributed by atoms with Crippen LogP contribution in [0.3, 0.4) is 0 Å². The van der Waals surface area contributed by atoms with Gasteiger partial charge in [-0.1, -0.05) is 13.8 Å². The lowest BCUT2D eigenvalue weighted by Gasteiger charge is -2.05. The number of nitrogens with two attached hydrogens (primary N) is 1. The van der Waals surface area contributed by atoms with E-state index in [0.29, 0.717) is 12.5 Å². The van der Waals surface area contributed by atoms with Crippen molar-refractivity contribution in [1.82, 2.24) is 9.97 Å². The van der Waals surface area contributed by atoms with E-state index in [1.807, 2.05) is 0 Å². The van der Waals surface area contributed by atoms with Gasteiger partial charge in [0.1, 0.15) is 10.4 Å². The van der Waals surface area contributed by atoms with E-state index >= 15 is 0 Å². The van der Waals surface area contributed by atoms with Crippen LogP contribution in [0.5, 0.6) is 0 Å². The fourth-order valence-electron chi connectivity index (χ4n) is 1.02. The normalized spacial score (nSPS) is 10.8. The SMILES string of the molecule is CC(C)Cc1ncc(CN)c(Br)n1. The van der Waals surface area contributed by atoms with Gasteiger partial charge in [0.05, 0.1) is 0 Å². The van der Waals surface area contributed by atoms with Gasteiger partial charge in [0.2, 0.25) is 0 Å². The number of aromatic nitrogens is 2. The topological polar surface area (TPSA) is 51.8 Å². The van der Waals surface area contributed by atoms with E-state index in [4.69, 9.17) is 5.73 Å². The fraction of sp³-hybridized carbons (Fsp3) is 0.556. The van der Waals surface area contributed by atoms with E-state index in [1.54, 1.807) is 6.20 Å². The number of rotatable bonds is 3. The molecule has 0 fully saturated rings. The number of nitrogens with zero attached hydrogens (tertiary/aromatic N) is 2. The monoisotopic (exact) mass is 243 g/mol. The molecule has 13 heavy (non-hydrogen) atoms. The lowest BCUT2D eigenvalue weighted by atomic mass is 10.1. The molecule has 0 aliphatic carbocycles. The highest BCUT2D eigenvalue weighted by Crippen LogP contribution is 2.13. The standard InChI is InChI=1S/C9H14BrN3/c1-6(2)3-8-12-5-7(4-11)9(10)13-8/h5-6H,3-4,11H2,1-2H3. The largest absolute Gasteiger partial charge is 0.326 e. The molecule has 0 bridgehead atoms. The molecule has 0 unspecified atom stereocenters. The van der Waals surface area contributed by atoms with E-state index in [9.17, 15) is 0 Å². The third-order valence-corrected chi connectivity index (χ3v) is 2.36. The first-order valence-corrected chi connectivity index (χ1v) is 5.13. The first kappa shape index (κ1) is 10.6. The molecule has 0 saturated carbocycles. The molecule has 1 aromatic heterocycles. The molecular weight excluding hydrogens is 230 g/mol. The minimum absolute atomic E-state index is 0.475. The molecule has 0 radical (unpaired) electrons.